The molecular weight excluding hydrogens is 272 g/mol. The quantitative estimate of drug-likeness (QED) is 0.725. The number of hydrogen-bond acceptors (Lipinski definition) is 2. The van der Waals surface area contributed by atoms with Gasteiger partial charge in [-0.25, -0.2) is 0 Å². The Bertz CT molecular complexity index is 725. The molecule has 2 heteroatoms. The fourth-order valence-electron chi connectivity index (χ4n) is 6.24. The summed E-state index contributed by atoms with van der Waals surface area (Å²) in [5, 5.41) is 11.2. The second kappa shape index (κ2) is 4.47. The van der Waals surface area contributed by atoms with E-state index in [1.54, 1.807) is 6.08 Å². The Hall–Kier alpha value is -0.630. The largest absolute Gasteiger partial charge is 0.390 e. The summed E-state index contributed by atoms with van der Waals surface area (Å²) in [7, 11) is 0. The smallest absolute Gasteiger partial charge is 0.155 e. The lowest BCUT2D eigenvalue weighted by Gasteiger charge is -2.58. The number of carbonyl (C=O) groups excluding carboxylic acids is 1. The molecule has 2 nitrogen and oxygen atoms in total. The van der Waals surface area contributed by atoms with Crippen LogP contribution in [0.15, 0.2) is 11.6 Å². The van der Waals surface area contributed by atoms with Crippen molar-refractivity contribution in [3.63, 3.8) is 0 Å². The Morgan fingerprint density at radius 2 is 1.95 bits per heavy atom. The monoisotopic (exact) mass is 308 g/mol. The Morgan fingerprint density at radius 3 is 2.73 bits per heavy atom. The number of hydrogen-bond donors (Lipinski definition) is 1. The lowest BCUT2D eigenvalue weighted by atomic mass is 9.46. The van der Waals surface area contributed by atoms with Crippen LogP contribution in [0.4, 0.5) is 0 Å². The highest BCUT2D eigenvalue weighted by Crippen LogP contribution is 2.67. The van der Waals surface area contributed by atoms with E-state index in [-0.39, 0.29) is 36.4 Å². The number of carbonyl (C=O) groups is 1. The molecule has 1 N–H and O–H groups in total. The first kappa shape index (κ1) is 9.61. The minimum atomic E-state index is -2.44. The maximum Gasteiger partial charge on any atom is 0.155 e. The number of aliphatic hydroxyl groups is 1. The van der Waals surface area contributed by atoms with Gasteiger partial charge < -0.3 is 5.11 Å². The third-order valence-electron chi connectivity index (χ3n) is 7.64. The molecule has 4 aliphatic carbocycles. The fourth-order valence-corrected chi connectivity index (χ4v) is 6.24. The van der Waals surface area contributed by atoms with Gasteiger partial charge in [-0.15, -0.1) is 0 Å². The molecule has 4 aliphatic rings. The maximum absolute atomic E-state index is 12.0. The van der Waals surface area contributed by atoms with E-state index in [1.807, 2.05) is 6.92 Å². The highest BCUT2D eigenvalue weighted by Gasteiger charge is 2.62. The van der Waals surface area contributed by atoms with E-state index >= 15 is 0 Å². The van der Waals surface area contributed by atoms with Gasteiger partial charge in [-0.05, 0) is 86.5 Å². The summed E-state index contributed by atoms with van der Waals surface area (Å²) in [6, 6.07) is 0. The second-order valence-corrected chi connectivity index (χ2v) is 8.38. The zero-order valence-corrected chi connectivity index (χ0v) is 13.3. The van der Waals surface area contributed by atoms with Crippen molar-refractivity contribution >= 4 is 5.78 Å². The first-order chi connectivity index (χ1) is 12.8. The van der Waals surface area contributed by atoms with Crippen molar-refractivity contribution < 1.29 is 18.1 Å². The van der Waals surface area contributed by atoms with E-state index in [0.29, 0.717) is 32.1 Å². The minimum Gasteiger partial charge on any atom is -0.390 e. The normalized spacial score (nSPS) is 59.5. The molecule has 0 aliphatic heterocycles. The van der Waals surface area contributed by atoms with E-state index in [0.717, 1.165) is 12.0 Å². The van der Waals surface area contributed by atoms with Crippen molar-refractivity contribution in [1.29, 1.82) is 0 Å². The maximum atomic E-state index is 12.0. The Labute approximate surface area is 142 Å². The van der Waals surface area contributed by atoms with Crippen LogP contribution in [0.1, 0.15) is 80.2 Å². The average molecular weight is 308 g/mol. The first-order valence-corrected chi connectivity index (χ1v) is 8.74. The molecule has 0 heterocycles. The fraction of sp³-hybridized carbons (Fsp3) is 0.850. The highest BCUT2D eigenvalue weighted by molar-refractivity contribution is 5.91. The standard InChI is InChI=1S/C20H30O2/c1-18-9-6-14(21)12-13(18)4-5-15-16(18)7-10-19(2)17(15)8-11-20(19,3)22/h12,15-17,22H,4-11H2,1-3H3/t15-,16+,17+,18+,19+,20+/m1/s1/i1D3,3D3. The Morgan fingerprint density at radius 1 is 1.14 bits per heavy atom. The van der Waals surface area contributed by atoms with Gasteiger partial charge in [-0.3, -0.25) is 4.79 Å². The summed E-state index contributed by atoms with van der Waals surface area (Å²) in [6.07, 6.45) is 5.58. The van der Waals surface area contributed by atoms with Crippen molar-refractivity contribution in [3.8, 4) is 0 Å². The lowest BCUT2D eigenvalue weighted by molar-refractivity contribution is -0.124. The van der Waals surface area contributed by atoms with Crippen molar-refractivity contribution in [2.75, 3.05) is 0 Å². The zero-order chi connectivity index (χ0) is 20.8. The molecule has 0 amide bonds. The van der Waals surface area contributed by atoms with Crippen molar-refractivity contribution in [2.45, 2.75) is 77.6 Å². The van der Waals surface area contributed by atoms with Crippen LogP contribution in [0.3, 0.4) is 0 Å². The van der Waals surface area contributed by atoms with Crippen molar-refractivity contribution in [3.05, 3.63) is 11.6 Å². The molecule has 6 atom stereocenters. The molecule has 0 unspecified atom stereocenters. The van der Waals surface area contributed by atoms with E-state index in [2.05, 4.69) is 0 Å². The number of allylic oxidation sites excluding steroid dienone is 1. The molecule has 4 rings (SSSR count). The summed E-state index contributed by atoms with van der Waals surface area (Å²) in [5.74, 6) is 0.0349. The first-order valence-electron chi connectivity index (χ1n) is 11.7. The van der Waals surface area contributed by atoms with Crippen LogP contribution in [0.5, 0.6) is 0 Å². The van der Waals surface area contributed by atoms with Gasteiger partial charge in [-0.1, -0.05) is 19.3 Å². The Kier molecular flexibility index (Phi) is 1.95. The summed E-state index contributed by atoms with van der Waals surface area (Å²) >= 11 is 0. The van der Waals surface area contributed by atoms with E-state index in [1.165, 1.54) is 0 Å². The van der Waals surface area contributed by atoms with Crippen LogP contribution in [-0.4, -0.2) is 16.5 Å². The summed E-state index contributed by atoms with van der Waals surface area (Å²) < 4.78 is 49.0. The van der Waals surface area contributed by atoms with Crippen LogP contribution in [0.2, 0.25) is 0 Å². The van der Waals surface area contributed by atoms with E-state index in [4.69, 9.17) is 8.22 Å². The van der Waals surface area contributed by atoms with Gasteiger partial charge in [0.25, 0.3) is 0 Å². The van der Waals surface area contributed by atoms with Gasteiger partial charge in [0.15, 0.2) is 5.78 Å². The molecule has 3 saturated carbocycles. The molecule has 0 bridgehead atoms. The molecule has 0 saturated heterocycles. The molecule has 0 aromatic carbocycles. The predicted molar refractivity (Wildman–Crippen MR) is 87.3 cm³/mol. The molecule has 22 heavy (non-hydrogen) atoms. The molecule has 0 radical (unpaired) electrons. The SMILES string of the molecule is [2H]C([2H])([2H])[C@]1(O)CC[C@H]2[C@@H]3CCC4=CC(=O)CC[C@]4(C([2H])([2H])[2H])[C@H]3CC[C@@]21C. The second-order valence-electron chi connectivity index (χ2n) is 8.38. The van der Waals surface area contributed by atoms with Gasteiger partial charge in [-0.2, -0.15) is 0 Å². The van der Waals surface area contributed by atoms with Gasteiger partial charge in [0.1, 0.15) is 0 Å². The van der Waals surface area contributed by atoms with Crippen molar-refractivity contribution in [1.82, 2.24) is 0 Å². The van der Waals surface area contributed by atoms with Gasteiger partial charge in [0.2, 0.25) is 0 Å². The highest BCUT2D eigenvalue weighted by atomic mass is 16.3. The van der Waals surface area contributed by atoms with Crippen LogP contribution < -0.4 is 0 Å². The average Bonchev–Trinajstić information content (AvgIpc) is 2.86. The molecule has 0 aromatic rings. The molecule has 0 spiro atoms. The summed E-state index contributed by atoms with van der Waals surface area (Å²) in [6.45, 7) is -2.72. The number of ketones is 1. The Balaban J connectivity index is 1.77. The molecule has 0 aromatic heterocycles. The van der Waals surface area contributed by atoms with Gasteiger partial charge in [0, 0.05) is 14.6 Å². The van der Waals surface area contributed by atoms with Crippen molar-refractivity contribution in [2.24, 2.45) is 28.6 Å². The van der Waals surface area contributed by atoms with E-state index < -0.39 is 30.1 Å². The number of fused-ring (bicyclic) bond motifs is 5. The van der Waals surface area contributed by atoms with Gasteiger partial charge in [0.05, 0.1) is 5.60 Å². The minimum absolute atomic E-state index is 0.00933. The summed E-state index contributed by atoms with van der Waals surface area (Å²) in [5.41, 5.74) is -2.60. The predicted octanol–water partition coefficient (Wildman–Crippen LogP) is 4.27. The summed E-state index contributed by atoms with van der Waals surface area (Å²) in [4.78, 5) is 12.0. The molecular formula is C20H30O2. The lowest BCUT2D eigenvalue weighted by Crippen LogP contribution is -2.53. The van der Waals surface area contributed by atoms with Gasteiger partial charge >= 0.3 is 0 Å². The van der Waals surface area contributed by atoms with Crippen LogP contribution in [-0.2, 0) is 4.79 Å². The topological polar surface area (TPSA) is 37.3 Å². The van der Waals surface area contributed by atoms with E-state index in [9.17, 15) is 9.90 Å². The van der Waals surface area contributed by atoms with Crippen LogP contribution >= 0.6 is 0 Å². The third-order valence-corrected chi connectivity index (χ3v) is 7.64. The molecule has 122 valence electrons. The molecule has 3 fully saturated rings. The third kappa shape index (κ3) is 1.74. The number of rotatable bonds is 0. The van der Waals surface area contributed by atoms with Crippen LogP contribution in [0, 0.1) is 28.6 Å². The van der Waals surface area contributed by atoms with Crippen LogP contribution in [0.25, 0.3) is 0 Å². The zero-order valence-electron chi connectivity index (χ0n) is 19.3.